The predicted molar refractivity (Wildman–Crippen MR) is 78.4 cm³/mol. The van der Waals surface area contributed by atoms with Gasteiger partial charge < -0.3 is 14.6 Å². The molecule has 1 aromatic heterocycles. The molecule has 2 atom stereocenters. The van der Waals surface area contributed by atoms with Crippen LogP contribution in [0.15, 0.2) is 16.7 Å². The van der Waals surface area contributed by atoms with Crippen molar-refractivity contribution in [2.75, 3.05) is 6.61 Å². The zero-order valence-electron chi connectivity index (χ0n) is 11.7. The van der Waals surface area contributed by atoms with Crippen LogP contribution < -0.4 is 0 Å². The van der Waals surface area contributed by atoms with Crippen LogP contribution in [0.3, 0.4) is 0 Å². The van der Waals surface area contributed by atoms with Crippen molar-refractivity contribution in [3.05, 3.63) is 22.4 Å². The Bertz CT molecular complexity index is 490. The van der Waals surface area contributed by atoms with E-state index in [2.05, 4.69) is 20.9 Å². The molecule has 1 aromatic rings. The lowest BCUT2D eigenvalue weighted by Gasteiger charge is -2.38. The van der Waals surface area contributed by atoms with E-state index in [1.54, 1.807) is 12.3 Å². The fourth-order valence-corrected chi connectivity index (χ4v) is 3.02. The lowest BCUT2D eigenvalue weighted by Crippen LogP contribution is -2.49. The molecule has 0 aromatic carbocycles. The summed E-state index contributed by atoms with van der Waals surface area (Å²) in [4.78, 5) is 28.6. The average Bonchev–Trinajstić information content (AvgIpc) is 2.82. The fourth-order valence-electron chi connectivity index (χ4n) is 2.68. The summed E-state index contributed by atoms with van der Waals surface area (Å²) in [5.41, 5.74) is 0.337. The number of piperidine rings is 1. The smallest absolute Gasteiger partial charge is 0.355 e. The van der Waals surface area contributed by atoms with Crippen molar-refractivity contribution in [1.29, 1.82) is 0 Å². The average molecular weight is 343 g/mol. The summed E-state index contributed by atoms with van der Waals surface area (Å²) in [5, 5.41) is 0. The highest BCUT2D eigenvalue weighted by molar-refractivity contribution is 9.10. The van der Waals surface area contributed by atoms with E-state index in [1.807, 2.05) is 18.7 Å². The normalized spacial score (nSPS) is 22.6. The molecule has 1 aliphatic heterocycles. The van der Waals surface area contributed by atoms with Crippen LogP contribution in [-0.2, 0) is 9.53 Å². The van der Waals surface area contributed by atoms with Gasteiger partial charge in [-0.25, -0.2) is 4.79 Å². The number of halogens is 1. The van der Waals surface area contributed by atoms with Crippen LogP contribution in [0.5, 0.6) is 0 Å². The molecule has 0 unspecified atom stereocenters. The number of hydrogen-bond donors (Lipinski definition) is 1. The second kappa shape index (κ2) is 6.43. The highest BCUT2D eigenvalue weighted by Crippen LogP contribution is 2.22. The van der Waals surface area contributed by atoms with Crippen molar-refractivity contribution < 1.29 is 14.3 Å². The molecule has 1 aliphatic rings. The summed E-state index contributed by atoms with van der Waals surface area (Å²) in [6.45, 7) is 3.87. The topological polar surface area (TPSA) is 62.4 Å². The van der Waals surface area contributed by atoms with Crippen molar-refractivity contribution in [3.8, 4) is 0 Å². The van der Waals surface area contributed by atoms with Gasteiger partial charge in [0, 0.05) is 22.8 Å². The summed E-state index contributed by atoms with van der Waals surface area (Å²) in [5.74, 6) is -0.634. The van der Waals surface area contributed by atoms with Gasteiger partial charge in [-0.2, -0.15) is 0 Å². The van der Waals surface area contributed by atoms with Crippen LogP contribution >= 0.6 is 15.9 Å². The Morgan fingerprint density at radius 2 is 2.05 bits per heavy atom. The van der Waals surface area contributed by atoms with Gasteiger partial charge in [-0.05, 0) is 55.1 Å². The van der Waals surface area contributed by atoms with E-state index in [9.17, 15) is 9.59 Å². The van der Waals surface area contributed by atoms with Gasteiger partial charge in [-0.15, -0.1) is 0 Å². The van der Waals surface area contributed by atoms with Crippen molar-refractivity contribution in [2.24, 2.45) is 0 Å². The second-order valence-corrected chi connectivity index (χ2v) is 6.15. The molecule has 2 heterocycles. The van der Waals surface area contributed by atoms with E-state index >= 15 is 0 Å². The third-order valence-electron chi connectivity index (χ3n) is 3.68. The van der Waals surface area contributed by atoms with Gasteiger partial charge in [0.25, 0.3) is 5.91 Å². The molecule has 1 N–H and O–H groups in total. The van der Waals surface area contributed by atoms with Crippen LogP contribution in [0.2, 0.25) is 0 Å². The van der Waals surface area contributed by atoms with E-state index in [1.165, 1.54) is 0 Å². The molecule has 0 saturated carbocycles. The maximum atomic E-state index is 12.2. The maximum Gasteiger partial charge on any atom is 0.355 e. The lowest BCUT2D eigenvalue weighted by molar-refractivity contribution is -0.140. The lowest BCUT2D eigenvalue weighted by atomic mass is 9.97. The molecule has 1 saturated heterocycles. The first-order valence-corrected chi connectivity index (χ1v) is 7.60. The number of aromatic amines is 1. The molecule has 0 aliphatic carbocycles. The Labute approximate surface area is 126 Å². The number of carbonyl (C=O) groups is 2. The Kier molecular flexibility index (Phi) is 4.86. The van der Waals surface area contributed by atoms with E-state index < -0.39 is 5.97 Å². The van der Waals surface area contributed by atoms with Crippen LogP contribution in [0, 0.1) is 0 Å². The number of amides is 1. The molecule has 20 heavy (non-hydrogen) atoms. The van der Waals surface area contributed by atoms with E-state index in [0.29, 0.717) is 5.69 Å². The van der Waals surface area contributed by atoms with E-state index in [4.69, 9.17) is 4.74 Å². The van der Waals surface area contributed by atoms with Crippen molar-refractivity contribution in [1.82, 2.24) is 9.88 Å². The van der Waals surface area contributed by atoms with Gasteiger partial charge in [0.05, 0.1) is 0 Å². The molecule has 0 spiro atoms. The van der Waals surface area contributed by atoms with E-state index in [-0.39, 0.29) is 24.6 Å². The highest BCUT2D eigenvalue weighted by atomic mass is 79.9. The van der Waals surface area contributed by atoms with Gasteiger partial charge in [-0.3, -0.25) is 4.79 Å². The molecule has 0 bridgehead atoms. The van der Waals surface area contributed by atoms with Gasteiger partial charge >= 0.3 is 5.97 Å². The van der Waals surface area contributed by atoms with Crippen LogP contribution in [0.25, 0.3) is 0 Å². The number of nitrogens with zero attached hydrogens (tertiary/aromatic N) is 1. The largest absolute Gasteiger partial charge is 0.451 e. The number of nitrogens with one attached hydrogen (secondary N) is 1. The number of carbonyl (C=O) groups excluding carboxylic acids is 2. The number of hydrogen-bond acceptors (Lipinski definition) is 3. The quantitative estimate of drug-likeness (QED) is 0.859. The maximum absolute atomic E-state index is 12.2. The summed E-state index contributed by atoms with van der Waals surface area (Å²) in [7, 11) is 0. The third kappa shape index (κ3) is 3.42. The molecule has 110 valence electrons. The Hall–Kier alpha value is -1.30. The first-order valence-electron chi connectivity index (χ1n) is 6.81. The summed E-state index contributed by atoms with van der Waals surface area (Å²) in [6, 6.07) is 2.05. The van der Waals surface area contributed by atoms with Gasteiger partial charge in [-0.1, -0.05) is 0 Å². The summed E-state index contributed by atoms with van der Waals surface area (Å²) >= 11 is 3.24. The molecular weight excluding hydrogens is 324 g/mol. The van der Waals surface area contributed by atoms with Crippen molar-refractivity contribution >= 4 is 27.8 Å². The Balaban J connectivity index is 1.90. The Morgan fingerprint density at radius 3 is 2.60 bits per heavy atom. The number of ether oxygens (including phenoxy) is 1. The molecule has 1 fully saturated rings. The number of aromatic nitrogens is 1. The van der Waals surface area contributed by atoms with Gasteiger partial charge in [0.2, 0.25) is 0 Å². The monoisotopic (exact) mass is 342 g/mol. The molecular formula is C14H19BrN2O3. The van der Waals surface area contributed by atoms with Gasteiger partial charge in [0.15, 0.2) is 6.61 Å². The third-order valence-corrected chi connectivity index (χ3v) is 4.13. The van der Waals surface area contributed by atoms with Crippen LogP contribution in [-0.4, -0.2) is 40.5 Å². The minimum atomic E-state index is -0.513. The fraction of sp³-hybridized carbons (Fsp3) is 0.571. The first-order chi connectivity index (χ1) is 9.49. The molecule has 1 amide bonds. The predicted octanol–water partition coefficient (Wildman–Crippen LogP) is 2.72. The number of H-pyrrole nitrogens is 1. The first kappa shape index (κ1) is 15.1. The minimum absolute atomic E-state index is 0.122. The molecule has 5 nitrogen and oxygen atoms in total. The second-order valence-electron chi connectivity index (χ2n) is 5.24. The summed E-state index contributed by atoms with van der Waals surface area (Å²) in [6.07, 6.45) is 4.80. The molecule has 0 radical (unpaired) electrons. The van der Waals surface area contributed by atoms with Crippen molar-refractivity contribution in [2.45, 2.75) is 45.2 Å². The SMILES string of the molecule is C[C@@H]1CCC[C@@H](C)N1C(=O)COC(=O)c1cc(Br)c[nH]1. The number of rotatable bonds is 3. The van der Waals surface area contributed by atoms with Crippen molar-refractivity contribution in [3.63, 3.8) is 0 Å². The number of esters is 1. The van der Waals surface area contributed by atoms with Gasteiger partial charge in [0.1, 0.15) is 5.69 Å². The number of likely N-dealkylation sites (tertiary alicyclic amines) is 1. The highest BCUT2D eigenvalue weighted by Gasteiger charge is 2.29. The summed E-state index contributed by atoms with van der Waals surface area (Å²) < 4.78 is 5.84. The Morgan fingerprint density at radius 1 is 1.40 bits per heavy atom. The van der Waals surface area contributed by atoms with Crippen LogP contribution in [0.4, 0.5) is 0 Å². The van der Waals surface area contributed by atoms with E-state index in [0.717, 1.165) is 23.7 Å². The zero-order chi connectivity index (χ0) is 14.7. The minimum Gasteiger partial charge on any atom is -0.451 e. The molecule has 6 heteroatoms. The molecule has 2 rings (SSSR count). The van der Waals surface area contributed by atoms with Crippen LogP contribution in [0.1, 0.15) is 43.6 Å². The standard InChI is InChI=1S/C14H19BrN2O3/c1-9-4-3-5-10(2)17(9)13(18)8-20-14(19)12-6-11(15)7-16-12/h6-7,9-10,16H,3-5,8H2,1-2H3/t9-,10-/m1/s1. The zero-order valence-corrected chi connectivity index (χ0v) is 13.3.